The van der Waals surface area contributed by atoms with Gasteiger partial charge in [0.2, 0.25) is 5.88 Å². The first-order chi connectivity index (χ1) is 16.6. The first kappa shape index (κ1) is 26.2. The highest BCUT2D eigenvalue weighted by Gasteiger charge is 2.22. The SMILES string of the molecule is CCOc1cc(OCCC(C)(C)C)cc(C(=O)C[n+]2nc3ccc(OC(CC)CC)nn3c2N)c1. The molecule has 3 aromatic rings. The Morgan fingerprint density at radius 3 is 2.40 bits per heavy atom. The molecule has 0 aliphatic carbocycles. The first-order valence-electron chi connectivity index (χ1n) is 12.3. The largest absolute Gasteiger partial charge is 0.494 e. The predicted octanol–water partition coefficient (Wildman–Crippen LogP) is 4.26. The van der Waals surface area contributed by atoms with Gasteiger partial charge in [-0.25, -0.2) is 0 Å². The topological polar surface area (TPSA) is 105 Å². The molecule has 0 saturated heterocycles. The number of hydrogen-bond donors (Lipinski definition) is 1. The third kappa shape index (κ3) is 7.07. The number of nitrogen functional groups attached to an aromatic ring is 1. The van der Waals surface area contributed by atoms with E-state index in [1.807, 2.05) is 6.92 Å². The number of benzene rings is 1. The summed E-state index contributed by atoms with van der Waals surface area (Å²) in [6, 6.07) is 8.80. The smallest absolute Gasteiger partial charge is 0.401 e. The van der Waals surface area contributed by atoms with Gasteiger partial charge in [-0.2, -0.15) is 0 Å². The highest BCUT2D eigenvalue weighted by Crippen LogP contribution is 2.25. The number of nitrogens with zero attached hydrogens (tertiary/aromatic N) is 4. The number of carbonyl (C=O) groups excluding carboxylic acids is 1. The summed E-state index contributed by atoms with van der Waals surface area (Å²) in [6.45, 7) is 13.5. The molecule has 9 heteroatoms. The molecule has 0 atom stereocenters. The molecule has 3 rings (SSSR count). The second-order valence-corrected chi connectivity index (χ2v) is 9.72. The second kappa shape index (κ2) is 11.4. The van der Waals surface area contributed by atoms with E-state index in [-0.39, 0.29) is 29.8 Å². The van der Waals surface area contributed by atoms with Crippen LogP contribution >= 0.6 is 0 Å². The molecule has 0 spiro atoms. The Hall–Kier alpha value is -3.36. The van der Waals surface area contributed by atoms with Gasteiger partial charge in [-0.05, 0) is 43.7 Å². The minimum absolute atomic E-state index is 0.0467. The third-order valence-corrected chi connectivity index (χ3v) is 5.62. The van der Waals surface area contributed by atoms with Crippen LogP contribution in [0.15, 0.2) is 30.3 Å². The van der Waals surface area contributed by atoms with Crippen molar-refractivity contribution in [2.75, 3.05) is 18.9 Å². The summed E-state index contributed by atoms with van der Waals surface area (Å²) in [5.41, 5.74) is 7.44. The van der Waals surface area contributed by atoms with Crippen molar-refractivity contribution >= 4 is 17.4 Å². The van der Waals surface area contributed by atoms with E-state index in [0.29, 0.717) is 41.8 Å². The first-order valence-corrected chi connectivity index (χ1v) is 12.3. The zero-order chi connectivity index (χ0) is 25.6. The van der Waals surface area contributed by atoms with Gasteiger partial charge in [-0.15, -0.1) is 4.68 Å². The molecule has 0 amide bonds. The fourth-order valence-electron chi connectivity index (χ4n) is 3.50. The van der Waals surface area contributed by atoms with E-state index in [1.54, 1.807) is 30.3 Å². The summed E-state index contributed by atoms with van der Waals surface area (Å²) in [5.74, 6) is 1.73. The summed E-state index contributed by atoms with van der Waals surface area (Å²) < 4.78 is 20.5. The van der Waals surface area contributed by atoms with E-state index in [1.165, 1.54) is 9.20 Å². The van der Waals surface area contributed by atoms with Gasteiger partial charge in [-0.3, -0.25) is 10.5 Å². The number of hydrogen-bond acceptors (Lipinski definition) is 7. The summed E-state index contributed by atoms with van der Waals surface area (Å²) >= 11 is 0. The van der Waals surface area contributed by atoms with Crippen molar-refractivity contribution in [1.29, 1.82) is 0 Å². The molecule has 9 nitrogen and oxygen atoms in total. The van der Waals surface area contributed by atoms with Gasteiger partial charge in [0.05, 0.1) is 13.2 Å². The Bertz CT molecular complexity index is 1150. The summed E-state index contributed by atoms with van der Waals surface area (Å²) in [6.07, 6.45) is 2.73. The molecule has 190 valence electrons. The van der Waals surface area contributed by atoms with Crippen LogP contribution in [-0.4, -0.2) is 39.8 Å². The van der Waals surface area contributed by atoms with Crippen LogP contribution < -0.4 is 24.6 Å². The maximum Gasteiger partial charge on any atom is 0.401 e. The lowest BCUT2D eigenvalue weighted by molar-refractivity contribution is -0.723. The molecule has 0 fully saturated rings. The molecule has 35 heavy (non-hydrogen) atoms. The standard InChI is InChI=1S/C26H37N5O4/c1-7-19(8-2)35-24-11-10-23-28-30(25(27)31(23)29-24)17-22(32)18-14-20(33-9-3)16-21(15-18)34-13-12-26(4,5)6/h10-11,14-16,19,27H,7-9,12-13,17H2,1-6H3/p+1. The highest BCUT2D eigenvalue weighted by atomic mass is 16.5. The Balaban J connectivity index is 1.81. The molecular weight excluding hydrogens is 446 g/mol. The maximum absolute atomic E-state index is 13.2. The lowest BCUT2D eigenvalue weighted by Crippen LogP contribution is -2.42. The quantitative estimate of drug-likeness (QED) is 0.302. The zero-order valence-electron chi connectivity index (χ0n) is 21.7. The number of nitrogens with two attached hydrogens (primary N) is 1. The lowest BCUT2D eigenvalue weighted by atomic mass is 9.93. The van der Waals surface area contributed by atoms with E-state index in [0.717, 1.165) is 19.3 Å². The van der Waals surface area contributed by atoms with Gasteiger partial charge in [0.25, 0.3) is 5.65 Å². The number of anilines is 1. The van der Waals surface area contributed by atoms with Crippen molar-refractivity contribution in [3.63, 3.8) is 0 Å². The summed E-state index contributed by atoms with van der Waals surface area (Å²) in [7, 11) is 0. The number of ketones is 1. The average molecular weight is 485 g/mol. The van der Waals surface area contributed by atoms with E-state index in [2.05, 4.69) is 44.8 Å². The number of rotatable bonds is 12. The van der Waals surface area contributed by atoms with Crippen LogP contribution in [0.3, 0.4) is 0 Å². The van der Waals surface area contributed by atoms with Gasteiger partial charge in [0.15, 0.2) is 12.3 Å². The van der Waals surface area contributed by atoms with Crippen LogP contribution in [0, 0.1) is 5.41 Å². The fourth-order valence-corrected chi connectivity index (χ4v) is 3.50. The van der Waals surface area contributed by atoms with Crippen LogP contribution in [0.4, 0.5) is 5.95 Å². The van der Waals surface area contributed by atoms with Crippen LogP contribution in [0.2, 0.25) is 0 Å². The second-order valence-electron chi connectivity index (χ2n) is 9.72. The van der Waals surface area contributed by atoms with Gasteiger partial charge < -0.3 is 14.2 Å². The van der Waals surface area contributed by atoms with Crippen molar-refractivity contribution < 1.29 is 23.7 Å². The fraction of sp³-hybridized carbons (Fsp3) is 0.538. The highest BCUT2D eigenvalue weighted by molar-refractivity contribution is 5.96. The Morgan fingerprint density at radius 1 is 1.09 bits per heavy atom. The number of aromatic nitrogens is 4. The van der Waals surface area contributed by atoms with Crippen LogP contribution in [-0.2, 0) is 6.54 Å². The van der Waals surface area contributed by atoms with Crippen LogP contribution in [0.25, 0.3) is 5.65 Å². The monoisotopic (exact) mass is 484 g/mol. The maximum atomic E-state index is 13.2. The number of carbonyl (C=O) groups is 1. The zero-order valence-corrected chi connectivity index (χ0v) is 21.7. The minimum atomic E-state index is -0.166. The lowest BCUT2D eigenvalue weighted by Gasteiger charge is -2.18. The molecule has 0 saturated carbocycles. The molecule has 0 radical (unpaired) electrons. The van der Waals surface area contributed by atoms with Crippen LogP contribution in [0.1, 0.15) is 71.2 Å². The molecule has 2 heterocycles. The normalized spacial score (nSPS) is 11.7. The molecule has 0 aliphatic heterocycles. The molecule has 0 unspecified atom stereocenters. The van der Waals surface area contributed by atoms with Gasteiger partial charge in [0.1, 0.15) is 17.6 Å². The molecule has 2 aromatic heterocycles. The average Bonchev–Trinajstić information content (AvgIpc) is 3.11. The molecular formula is C26H38N5O4+. The predicted molar refractivity (Wildman–Crippen MR) is 134 cm³/mol. The van der Waals surface area contributed by atoms with Crippen molar-refractivity contribution in [3.8, 4) is 17.4 Å². The van der Waals surface area contributed by atoms with Gasteiger partial charge >= 0.3 is 5.95 Å². The molecule has 2 N–H and O–H groups in total. The Kier molecular flexibility index (Phi) is 8.53. The number of ether oxygens (including phenoxy) is 3. The molecule has 0 bridgehead atoms. The minimum Gasteiger partial charge on any atom is -0.494 e. The summed E-state index contributed by atoms with van der Waals surface area (Å²) in [4.78, 5) is 13.2. The van der Waals surface area contributed by atoms with E-state index >= 15 is 0 Å². The van der Waals surface area contributed by atoms with Crippen molar-refractivity contribution in [2.24, 2.45) is 5.41 Å². The van der Waals surface area contributed by atoms with Crippen molar-refractivity contribution in [3.05, 3.63) is 35.9 Å². The van der Waals surface area contributed by atoms with E-state index in [4.69, 9.17) is 19.9 Å². The molecule has 1 aromatic carbocycles. The Labute approximate surface area is 207 Å². The van der Waals surface area contributed by atoms with E-state index in [9.17, 15) is 4.79 Å². The molecule has 0 aliphatic rings. The van der Waals surface area contributed by atoms with Crippen molar-refractivity contribution in [2.45, 2.75) is 73.5 Å². The van der Waals surface area contributed by atoms with E-state index < -0.39 is 0 Å². The van der Waals surface area contributed by atoms with Gasteiger partial charge in [-0.1, -0.05) is 49.3 Å². The van der Waals surface area contributed by atoms with Crippen LogP contribution in [0.5, 0.6) is 17.4 Å². The number of fused-ring (bicyclic) bond motifs is 1. The number of Topliss-reactive ketones (excluding diaryl/α,β-unsaturated/α-hetero) is 1. The third-order valence-electron chi connectivity index (χ3n) is 5.62. The Morgan fingerprint density at radius 2 is 1.77 bits per heavy atom. The van der Waals surface area contributed by atoms with Crippen molar-refractivity contribution in [1.82, 2.24) is 14.7 Å². The summed E-state index contributed by atoms with van der Waals surface area (Å²) in [5, 5.41) is 8.90. The van der Waals surface area contributed by atoms with Gasteiger partial charge in [0, 0.05) is 23.8 Å².